The molecule has 6 nitrogen and oxygen atoms in total. The van der Waals surface area contributed by atoms with Gasteiger partial charge in [-0.05, 0) is 48.0 Å². The Morgan fingerprint density at radius 3 is 2.57 bits per heavy atom. The number of nitrogens with one attached hydrogen (secondary N) is 1. The fraction of sp³-hybridized carbons (Fsp3) is 0.0952. The van der Waals surface area contributed by atoms with Crippen molar-refractivity contribution in [2.75, 3.05) is 7.11 Å². The number of methoxy groups -OCH3 is 1. The molecule has 0 spiro atoms. The molecule has 0 unspecified atom stereocenters. The van der Waals surface area contributed by atoms with E-state index in [2.05, 4.69) is 9.93 Å². The minimum atomic E-state index is -3.75. The Hall–Kier alpha value is -3.10. The van der Waals surface area contributed by atoms with E-state index in [1.807, 2.05) is 0 Å². The van der Waals surface area contributed by atoms with Crippen molar-refractivity contribution in [1.29, 1.82) is 0 Å². The van der Waals surface area contributed by atoms with Gasteiger partial charge in [0.2, 0.25) is 0 Å². The van der Waals surface area contributed by atoms with Crippen molar-refractivity contribution in [3.8, 4) is 11.5 Å². The summed E-state index contributed by atoms with van der Waals surface area (Å²) in [5, 5.41) is 3.79. The van der Waals surface area contributed by atoms with Gasteiger partial charge in [0.05, 0.1) is 23.2 Å². The van der Waals surface area contributed by atoms with Crippen LogP contribution in [-0.4, -0.2) is 21.7 Å². The maximum atomic E-state index is 13.3. The summed E-state index contributed by atoms with van der Waals surface area (Å²) in [6, 6.07) is 17.2. The van der Waals surface area contributed by atoms with Crippen molar-refractivity contribution in [2.24, 2.45) is 5.10 Å². The first kappa shape index (κ1) is 21.6. The Balaban J connectivity index is 1.72. The molecule has 3 aromatic carbocycles. The van der Waals surface area contributed by atoms with Crippen LogP contribution in [0.5, 0.6) is 11.5 Å². The topological polar surface area (TPSA) is 77.0 Å². The Morgan fingerprint density at radius 2 is 1.87 bits per heavy atom. The average Bonchev–Trinajstić information content (AvgIpc) is 2.75. The molecule has 0 saturated carbocycles. The molecule has 0 heterocycles. The van der Waals surface area contributed by atoms with E-state index in [-0.39, 0.29) is 16.5 Å². The molecule has 0 aliphatic heterocycles. The lowest BCUT2D eigenvalue weighted by Crippen LogP contribution is -2.18. The van der Waals surface area contributed by atoms with Gasteiger partial charge in [-0.25, -0.2) is 9.22 Å². The molecule has 3 aromatic rings. The minimum absolute atomic E-state index is 0.0361. The smallest absolute Gasteiger partial charge is 0.276 e. The first-order chi connectivity index (χ1) is 14.4. The van der Waals surface area contributed by atoms with Crippen LogP contribution in [0, 0.1) is 5.82 Å². The number of benzene rings is 3. The molecule has 0 amide bonds. The lowest BCUT2D eigenvalue weighted by atomic mass is 10.1. The van der Waals surface area contributed by atoms with Crippen molar-refractivity contribution >= 4 is 27.8 Å². The average molecular weight is 449 g/mol. The Kier molecular flexibility index (Phi) is 6.91. The molecule has 0 aromatic heterocycles. The lowest BCUT2D eigenvalue weighted by Gasteiger charge is -2.11. The van der Waals surface area contributed by atoms with Gasteiger partial charge in [0.1, 0.15) is 23.9 Å². The normalized spacial score (nSPS) is 11.4. The SMILES string of the molecule is COc1ccc(C=NNS(=O)(=O)c2ccccc2)cc1COc1ccc(F)c(Cl)c1. The summed E-state index contributed by atoms with van der Waals surface area (Å²) in [5.41, 5.74) is 1.31. The number of halogens is 2. The highest BCUT2D eigenvalue weighted by atomic mass is 35.5. The van der Waals surface area contributed by atoms with Gasteiger partial charge in [-0.3, -0.25) is 0 Å². The van der Waals surface area contributed by atoms with Gasteiger partial charge in [-0.1, -0.05) is 29.8 Å². The molecule has 0 saturated heterocycles. The quantitative estimate of drug-likeness (QED) is 0.410. The highest BCUT2D eigenvalue weighted by Crippen LogP contribution is 2.25. The van der Waals surface area contributed by atoms with E-state index in [0.29, 0.717) is 22.6 Å². The predicted octanol–water partition coefficient (Wildman–Crippen LogP) is 4.38. The number of hydrogen-bond acceptors (Lipinski definition) is 5. The van der Waals surface area contributed by atoms with Gasteiger partial charge in [0.25, 0.3) is 10.0 Å². The van der Waals surface area contributed by atoms with Crippen molar-refractivity contribution < 1.29 is 22.3 Å². The van der Waals surface area contributed by atoms with E-state index in [4.69, 9.17) is 21.1 Å². The van der Waals surface area contributed by atoms with E-state index in [0.717, 1.165) is 0 Å². The fourth-order valence-electron chi connectivity index (χ4n) is 2.54. The van der Waals surface area contributed by atoms with Crippen LogP contribution in [0.4, 0.5) is 4.39 Å². The van der Waals surface area contributed by atoms with Gasteiger partial charge in [0.15, 0.2) is 0 Å². The summed E-state index contributed by atoms with van der Waals surface area (Å²) in [6.07, 6.45) is 1.37. The van der Waals surface area contributed by atoms with Crippen molar-refractivity contribution in [3.63, 3.8) is 0 Å². The highest BCUT2D eigenvalue weighted by molar-refractivity contribution is 7.89. The largest absolute Gasteiger partial charge is 0.496 e. The molecule has 0 atom stereocenters. The van der Waals surface area contributed by atoms with E-state index < -0.39 is 15.8 Å². The third-order valence-corrected chi connectivity index (χ3v) is 5.56. The summed E-state index contributed by atoms with van der Waals surface area (Å²) in [7, 11) is -2.22. The summed E-state index contributed by atoms with van der Waals surface area (Å²) in [4.78, 5) is 2.28. The third kappa shape index (κ3) is 5.49. The number of sulfonamides is 1. The molecule has 0 aliphatic rings. The van der Waals surface area contributed by atoms with Gasteiger partial charge < -0.3 is 9.47 Å². The molecule has 9 heteroatoms. The second kappa shape index (κ2) is 9.60. The van der Waals surface area contributed by atoms with Crippen molar-refractivity contribution in [1.82, 2.24) is 4.83 Å². The van der Waals surface area contributed by atoms with Crippen LogP contribution in [0.1, 0.15) is 11.1 Å². The van der Waals surface area contributed by atoms with E-state index in [1.54, 1.807) is 36.4 Å². The molecule has 0 aliphatic carbocycles. The monoisotopic (exact) mass is 448 g/mol. The number of nitrogens with zero attached hydrogens (tertiary/aromatic N) is 1. The van der Waals surface area contributed by atoms with E-state index in [1.165, 1.54) is 43.7 Å². The van der Waals surface area contributed by atoms with E-state index >= 15 is 0 Å². The molecule has 156 valence electrons. The maximum Gasteiger partial charge on any atom is 0.276 e. The van der Waals surface area contributed by atoms with E-state index in [9.17, 15) is 12.8 Å². The molecule has 0 bridgehead atoms. The number of hydrazone groups is 1. The van der Waals surface area contributed by atoms with Crippen molar-refractivity contribution in [2.45, 2.75) is 11.5 Å². The number of ether oxygens (including phenoxy) is 2. The fourth-order valence-corrected chi connectivity index (χ4v) is 3.52. The first-order valence-corrected chi connectivity index (χ1v) is 10.6. The van der Waals surface area contributed by atoms with Crippen LogP contribution in [-0.2, 0) is 16.6 Å². The van der Waals surface area contributed by atoms with Crippen LogP contribution >= 0.6 is 11.6 Å². The summed E-state index contributed by atoms with van der Waals surface area (Å²) in [6.45, 7) is 0.128. The highest BCUT2D eigenvalue weighted by Gasteiger charge is 2.11. The van der Waals surface area contributed by atoms with Crippen LogP contribution in [0.15, 0.2) is 76.7 Å². The third-order valence-electron chi connectivity index (χ3n) is 4.03. The number of hydrogen-bond donors (Lipinski definition) is 1. The summed E-state index contributed by atoms with van der Waals surface area (Å²) in [5.74, 6) is 0.445. The Morgan fingerprint density at radius 1 is 1.10 bits per heavy atom. The second-order valence-electron chi connectivity index (χ2n) is 6.10. The molecule has 3 rings (SSSR count). The second-order valence-corrected chi connectivity index (χ2v) is 8.17. The van der Waals surface area contributed by atoms with Crippen LogP contribution in [0.2, 0.25) is 5.02 Å². The zero-order valence-corrected chi connectivity index (χ0v) is 17.5. The summed E-state index contributed by atoms with van der Waals surface area (Å²) < 4.78 is 48.7. The predicted molar refractivity (Wildman–Crippen MR) is 113 cm³/mol. The molecule has 0 radical (unpaired) electrons. The molecular formula is C21H18ClFN2O4S. The first-order valence-electron chi connectivity index (χ1n) is 8.74. The van der Waals surface area contributed by atoms with Gasteiger partial charge in [0, 0.05) is 11.6 Å². The lowest BCUT2D eigenvalue weighted by molar-refractivity contribution is 0.296. The minimum Gasteiger partial charge on any atom is -0.496 e. The van der Waals surface area contributed by atoms with Gasteiger partial charge in [-0.15, -0.1) is 0 Å². The zero-order valence-electron chi connectivity index (χ0n) is 15.9. The molecule has 0 fully saturated rings. The maximum absolute atomic E-state index is 13.3. The van der Waals surface area contributed by atoms with Crippen molar-refractivity contribution in [3.05, 3.63) is 88.7 Å². The summed E-state index contributed by atoms with van der Waals surface area (Å²) >= 11 is 5.76. The zero-order chi connectivity index (χ0) is 21.6. The number of rotatable bonds is 8. The van der Waals surface area contributed by atoms with Crippen LogP contribution in [0.3, 0.4) is 0 Å². The van der Waals surface area contributed by atoms with Gasteiger partial charge in [-0.2, -0.15) is 13.5 Å². The van der Waals surface area contributed by atoms with Crippen LogP contribution in [0.25, 0.3) is 0 Å². The Bertz CT molecular complexity index is 1150. The molecular weight excluding hydrogens is 431 g/mol. The Labute approximate surface area is 179 Å². The molecule has 1 N–H and O–H groups in total. The van der Waals surface area contributed by atoms with Crippen LogP contribution < -0.4 is 14.3 Å². The van der Waals surface area contributed by atoms with Gasteiger partial charge >= 0.3 is 0 Å². The molecule has 30 heavy (non-hydrogen) atoms. The standard InChI is InChI=1S/C21H18ClFN2O4S/c1-28-21-10-7-15(13-24-25-30(26,27)18-5-3-2-4-6-18)11-16(21)14-29-17-8-9-20(23)19(22)12-17/h2-13,25H,14H2,1H3.